The van der Waals surface area contributed by atoms with Crippen LogP contribution in [0.4, 0.5) is 5.69 Å². The second-order valence-electron chi connectivity index (χ2n) is 4.39. The summed E-state index contributed by atoms with van der Waals surface area (Å²) in [5, 5.41) is 10.6. The van der Waals surface area contributed by atoms with E-state index in [4.69, 9.17) is 5.11 Å². The summed E-state index contributed by atoms with van der Waals surface area (Å²) >= 11 is 0. The highest BCUT2D eigenvalue weighted by molar-refractivity contribution is 7.89. The number of carboxylic acid groups (broad SMARTS) is 1. The smallest absolute Gasteiger partial charge is 0.394 e. The molecule has 1 aliphatic heterocycles. The second-order valence-corrected chi connectivity index (χ2v) is 6.33. The van der Waals surface area contributed by atoms with Crippen LogP contribution >= 0.6 is 0 Å². The molecule has 1 heterocycles. The molecule has 1 fully saturated rings. The number of sulfonamides is 1. The third kappa shape index (κ3) is 2.97. The number of carboxylic acids is 1. The van der Waals surface area contributed by atoms with Crippen LogP contribution in [0.15, 0.2) is 29.2 Å². The van der Waals surface area contributed by atoms with Gasteiger partial charge in [0.05, 0.1) is 4.90 Å². The van der Waals surface area contributed by atoms with E-state index in [0.717, 1.165) is 12.8 Å². The van der Waals surface area contributed by atoms with Crippen molar-refractivity contribution in [3.8, 4) is 0 Å². The summed E-state index contributed by atoms with van der Waals surface area (Å²) in [5.41, 5.74) is 0.234. The van der Waals surface area contributed by atoms with Gasteiger partial charge in [0.25, 0.3) is 0 Å². The minimum Gasteiger partial charge on any atom is -0.474 e. The number of nitrogens with one attached hydrogen (secondary N) is 1. The van der Waals surface area contributed by atoms with E-state index in [-0.39, 0.29) is 10.6 Å². The van der Waals surface area contributed by atoms with Crippen molar-refractivity contribution < 1.29 is 23.1 Å². The number of amides is 1. The van der Waals surface area contributed by atoms with E-state index in [1.54, 1.807) is 0 Å². The molecule has 0 saturated carbocycles. The van der Waals surface area contributed by atoms with Gasteiger partial charge in [0.15, 0.2) is 0 Å². The molecule has 1 aromatic rings. The van der Waals surface area contributed by atoms with Gasteiger partial charge in [0, 0.05) is 18.8 Å². The highest BCUT2D eigenvalue weighted by Crippen LogP contribution is 2.22. The molecule has 0 radical (unpaired) electrons. The Kier molecular flexibility index (Phi) is 4.05. The molecule has 1 aliphatic rings. The molecule has 0 bridgehead atoms. The summed E-state index contributed by atoms with van der Waals surface area (Å²) in [6.45, 7) is 1.03. The number of carbonyl (C=O) groups excluding carboxylic acids is 1. The molecule has 0 spiro atoms. The number of nitrogens with zero attached hydrogens (tertiary/aromatic N) is 1. The average Bonchev–Trinajstić information content (AvgIpc) is 2.93. The van der Waals surface area contributed by atoms with E-state index < -0.39 is 21.9 Å². The molecule has 0 unspecified atom stereocenters. The molecule has 2 rings (SSSR count). The number of anilines is 1. The van der Waals surface area contributed by atoms with Crippen LogP contribution in [-0.4, -0.2) is 42.8 Å². The molecule has 1 saturated heterocycles. The third-order valence-corrected chi connectivity index (χ3v) is 4.92. The van der Waals surface area contributed by atoms with E-state index >= 15 is 0 Å². The Balaban J connectivity index is 2.15. The lowest BCUT2D eigenvalue weighted by Crippen LogP contribution is -2.27. The summed E-state index contributed by atoms with van der Waals surface area (Å²) in [6, 6.07) is 5.43. The maximum Gasteiger partial charge on any atom is 0.394 e. The van der Waals surface area contributed by atoms with Gasteiger partial charge >= 0.3 is 11.9 Å². The monoisotopic (exact) mass is 298 g/mol. The molecule has 20 heavy (non-hydrogen) atoms. The molecule has 108 valence electrons. The number of carbonyl (C=O) groups is 2. The van der Waals surface area contributed by atoms with Crippen molar-refractivity contribution in [1.29, 1.82) is 0 Å². The van der Waals surface area contributed by atoms with Crippen molar-refractivity contribution in [2.75, 3.05) is 18.4 Å². The highest BCUT2D eigenvalue weighted by atomic mass is 32.2. The van der Waals surface area contributed by atoms with Crippen LogP contribution in [0.25, 0.3) is 0 Å². The lowest BCUT2D eigenvalue weighted by Gasteiger charge is -2.15. The summed E-state index contributed by atoms with van der Waals surface area (Å²) < 4.78 is 25.9. The Morgan fingerprint density at radius 3 is 2.15 bits per heavy atom. The first-order chi connectivity index (χ1) is 9.41. The minimum absolute atomic E-state index is 0.132. The van der Waals surface area contributed by atoms with E-state index in [1.165, 1.54) is 28.6 Å². The molecule has 8 heteroatoms. The number of hydrogen-bond donors (Lipinski definition) is 2. The van der Waals surface area contributed by atoms with Crippen molar-refractivity contribution in [3.05, 3.63) is 24.3 Å². The minimum atomic E-state index is -3.50. The second kappa shape index (κ2) is 5.59. The lowest BCUT2D eigenvalue weighted by atomic mass is 10.3. The number of benzene rings is 1. The molecular weight excluding hydrogens is 284 g/mol. The van der Waals surface area contributed by atoms with Crippen LogP contribution in [0, 0.1) is 0 Å². The largest absolute Gasteiger partial charge is 0.474 e. The Morgan fingerprint density at radius 1 is 1.10 bits per heavy atom. The molecular formula is C12H14N2O5S. The highest BCUT2D eigenvalue weighted by Gasteiger charge is 2.26. The van der Waals surface area contributed by atoms with E-state index in [0.29, 0.717) is 13.1 Å². The fraction of sp³-hybridized carbons (Fsp3) is 0.333. The maximum atomic E-state index is 12.2. The van der Waals surface area contributed by atoms with Gasteiger partial charge < -0.3 is 10.4 Å². The predicted molar refractivity (Wildman–Crippen MR) is 70.7 cm³/mol. The van der Waals surface area contributed by atoms with Crippen LogP contribution in [0.5, 0.6) is 0 Å². The standard InChI is InChI=1S/C12H14N2O5S/c15-11(12(16)17)13-9-3-5-10(6-4-9)20(18,19)14-7-1-2-8-14/h3-6H,1-2,7-8H2,(H,13,15)(H,16,17). The van der Waals surface area contributed by atoms with Crippen LogP contribution in [-0.2, 0) is 19.6 Å². The topological polar surface area (TPSA) is 104 Å². The van der Waals surface area contributed by atoms with Gasteiger partial charge in [-0.3, -0.25) is 4.79 Å². The van der Waals surface area contributed by atoms with Gasteiger partial charge in [0.1, 0.15) is 0 Å². The SMILES string of the molecule is O=C(O)C(=O)Nc1ccc(S(=O)(=O)N2CCCC2)cc1. The zero-order chi connectivity index (χ0) is 14.8. The first-order valence-corrected chi connectivity index (χ1v) is 7.50. The summed E-state index contributed by atoms with van der Waals surface area (Å²) in [4.78, 5) is 21.5. The predicted octanol–water partition coefficient (Wildman–Crippen LogP) is 0.494. The molecule has 1 amide bonds. The van der Waals surface area contributed by atoms with Crippen LogP contribution in [0.1, 0.15) is 12.8 Å². The van der Waals surface area contributed by atoms with Crippen LogP contribution in [0.2, 0.25) is 0 Å². The van der Waals surface area contributed by atoms with Crippen molar-refractivity contribution in [2.24, 2.45) is 0 Å². The van der Waals surface area contributed by atoms with E-state index in [9.17, 15) is 18.0 Å². The van der Waals surface area contributed by atoms with Gasteiger partial charge in [-0.1, -0.05) is 0 Å². The molecule has 7 nitrogen and oxygen atoms in total. The quantitative estimate of drug-likeness (QED) is 0.791. The summed E-state index contributed by atoms with van der Waals surface area (Å²) in [6.07, 6.45) is 1.71. The Labute approximate surface area is 116 Å². The first-order valence-electron chi connectivity index (χ1n) is 6.06. The fourth-order valence-corrected chi connectivity index (χ4v) is 3.49. The Hall–Kier alpha value is -1.93. The first kappa shape index (κ1) is 14.5. The number of hydrogen-bond acceptors (Lipinski definition) is 4. The van der Waals surface area contributed by atoms with Crippen molar-refractivity contribution in [3.63, 3.8) is 0 Å². The molecule has 0 aliphatic carbocycles. The van der Waals surface area contributed by atoms with Gasteiger partial charge in [-0.15, -0.1) is 0 Å². The normalized spacial score (nSPS) is 16.0. The molecule has 2 N–H and O–H groups in total. The number of aliphatic carboxylic acids is 1. The zero-order valence-electron chi connectivity index (χ0n) is 10.6. The Morgan fingerprint density at radius 2 is 1.65 bits per heavy atom. The van der Waals surface area contributed by atoms with E-state index in [1.807, 2.05) is 0 Å². The van der Waals surface area contributed by atoms with Crippen molar-refractivity contribution >= 4 is 27.6 Å². The Bertz CT molecular complexity index is 618. The van der Waals surface area contributed by atoms with Gasteiger partial charge in [-0.05, 0) is 37.1 Å². The summed E-state index contributed by atoms with van der Waals surface area (Å²) in [7, 11) is -3.50. The zero-order valence-corrected chi connectivity index (χ0v) is 11.4. The maximum absolute atomic E-state index is 12.2. The van der Waals surface area contributed by atoms with Crippen LogP contribution in [0.3, 0.4) is 0 Å². The van der Waals surface area contributed by atoms with Gasteiger partial charge in [0.2, 0.25) is 10.0 Å². The van der Waals surface area contributed by atoms with Crippen molar-refractivity contribution in [1.82, 2.24) is 4.31 Å². The van der Waals surface area contributed by atoms with Crippen molar-refractivity contribution in [2.45, 2.75) is 17.7 Å². The van der Waals surface area contributed by atoms with Crippen LogP contribution < -0.4 is 5.32 Å². The fourth-order valence-electron chi connectivity index (χ4n) is 1.97. The molecule has 0 atom stereocenters. The average molecular weight is 298 g/mol. The summed E-state index contributed by atoms with van der Waals surface area (Å²) in [5.74, 6) is -2.76. The number of rotatable bonds is 3. The molecule has 1 aromatic carbocycles. The lowest BCUT2D eigenvalue weighted by molar-refractivity contribution is -0.147. The molecule has 0 aromatic heterocycles. The van der Waals surface area contributed by atoms with Gasteiger partial charge in [-0.2, -0.15) is 4.31 Å². The third-order valence-electron chi connectivity index (χ3n) is 3.01. The van der Waals surface area contributed by atoms with Gasteiger partial charge in [-0.25, -0.2) is 13.2 Å². The van der Waals surface area contributed by atoms with E-state index in [2.05, 4.69) is 5.32 Å².